The summed E-state index contributed by atoms with van der Waals surface area (Å²) in [5.41, 5.74) is 15.2. The number of hydrogen-bond donors (Lipinski definition) is 0. The molecule has 0 aliphatic carbocycles. The maximum atomic E-state index is 6.57. The van der Waals surface area contributed by atoms with Crippen molar-refractivity contribution in [3.05, 3.63) is 292 Å². The molecule has 376 valence electrons. The molecule has 0 N–H and O–H groups in total. The normalized spacial score (nSPS) is 11.8. The van der Waals surface area contributed by atoms with E-state index >= 15 is 0 Å². The minimum Gasteiger partial charge on any atom is -0.463 e. The quantitative estimate of drug-likeness (QED) is 0.137. The van der Waals surface area contributed by atoms with Crippen molar-refractivity contribution in [3.8, 4) is 34.0 Å². The van der Waals surface area contributed by atoms with Gasteiger partial charge in [-0.05, 0) is 144 Å². The van der Waals surface area contributed by atoms with Crippen molar-refractivity contribution in [1.82, 2.24) is 9.13 Å². The predicted octanol–water partition coefficient (Wildman–Crippen LogP) is 20.8. The Morgan fingerprint density at radius 3 is 0.938 bits per heavy atom. The fourth-order valence-electron chi connectivity index (χ4n) is 12.4. The lowest BCUT2D eigenvalue weighted by Gasteiger charge is -2.25. The summed E-state index contributed by atoms with van der Waals surface area (Å²) >= 11 is 0. The SMILES string of the molecule is c1ccc(N(c2ccccc2)c2ccc3c(-c4ccc5c6c7ccc8c(c7ccc6n(-c6ccccc6)c5c4)c4ccc(-c5occ6cc(N(c7ccccc7)c7ccccc7)ccc56)cc4n8-c4ccccc4)occ3c2)cc1. The number of fused-ring (bicyclic) bond motifs is 11. The van der Waals surface area contributed by atoms with Crippen LogP contribution >= 0.6 is 0 Å². The molecule has 0 atom stereocenters. The molecule has 0 aliphatic rings. The third-order valence-electron chi connectivity index (χ3n) is 15.9. The van der Waals surface area contributed by atoms with E-state index in [2.05, 4.69) is 298 Å². The minimum atomic E-state index is 0.842. The summed E-state index contributed by atoms with van der Waals surface area (Å²) in [7, 11) is 0. The molecule has 6 nitrogen and oxygen atoms in total. The van der Waals surface area contributed by atoms with Crippen molar-refractivity contribution in [2.75, 3.05) is 9.80 Å². The summed E-state index contributed by atoms with van der Waals surface area (Å²) in [6.07, 6.45) is 3.79. The third-order valence-corrected chi connectivity index (χ3v) is 15.9. The van der Waals surface area contributed by atoms with E-state index in [1.807, 2.05) is 12.5 Å². The highest BCUT2D eigenvalue weighted by Crippen LogP contribution is 2.47. The maximum absolute atomic E-state index is 6.57. The second-order valence-corrected chi connectivity index (χ2v) is 20.5. The van der Waals surface area contributed by atoms with Gasteiger partial charge in [0.2, 0.25) is 0 Å². The molecule has 16 aromatic rings. The van der Waals surface area contributed by atoms with Gasteiger partial charge in [-0.3, -0.25) is 0 Å². The standard InChI is InChI=1S/C74H48N4O2/c1-7-19-53(20-8-1)75(54-21-9-2-10-22-54)59-33-37-61-51(43-59)47-79-73(61)49-31-35-65-69(45-49)77(57-27-15-5-16-28-57)67-41-39-64-63(71(65)67)40-42-68-72(64)66-36-32-50(46-70(66)78(68)58-29-17-6-18-30-58)74-62-38-34-60(44-52(62)48-80-74)76(55-23-11-3-12-24-55)56-25-13-4-14-26-56/h1-48H. The predicted molar refractivity (Wildman–Crippen MR) is 332 cm³/mol. The van der Waals surface area contributed by atoms with Crippen LogP contribution in [0.5, 0.6) is 0 Å². The van der Waals surface area contributed by atoms with Crippen molar-refractivity contribution in [2.24, 2.45) is 0 Å². The van der Waals surface area contributed by atoms with Gasteiger partial charge < -0.3 is 27.8 Å². The lowest BCUT2D eigenvalue weighted by molar-refractivity contribution is 0.587. The van der Waals surface area contributed by atoms with Crippen LogP contribution in [0.2, 0.25) is 0 Å². The van der Waals surface area contributed by atoms with Crippen LogP contribution in [0.25, 0.3) is 110 Å². The van der Waals surface area contributed by atoms with Crippen LogP contribution in [0.1, 0.15) is 0 Å². The average molecular weight is 1030 g/mol. The first-order valence-electron chi connectivity index (χ1n) is 27.1. The van der Waals surface area contributed by atoms with E-state index in [0.29, 0.717) is 0 Å². The van der Waals surface area contributed by atoms with Gasteiger partial charge in [-0.15, -0.1) is 0 Å². The Balaban J connectivity index is 0.843. The molecule has 0 radical (unpaired) electrons. The monoisotopic (exact) mass is 1020 g/mol. The summed E-state index contributed by atoms with van der Waals surface area (Å²) < 4.78 is 18.0. The summed E-state index contributed by atoms with van der Waals surface area (Å²) in [5.74, 6) is 1.68. The molecule has 4 heterocycles. The van der Waals surface area contributed by atoms with Crippen molar-refractivity contribution >= 4 is 110 Å². The van der Waals surface area contributed by atoms with E-state index in [1.54, 1.807) is 0 Å². The van der Waals surface area contributed by atoms with Gasteiger partial charge in [0.15, 0.2) is 0 Å². The number of rotatable bonds is 10. The number of hydrogen-bond acceptors (Lipinski definition) is 4. The zero-order chi connectivity index (χ0) is 52.7. The molecule has 0 unspecified atom stereocenters. The molecular weight excluding hydrogens is 977 g/mol. The van der Waals surface area contributed by atoms with Gasteiger partial charge in [0.1, 0.15) is 11.5 Å². The second kappa shape index (κ2) is 18.4. The van der Waals surface area contributed by atoms with Crippen LogP contribution in [0.4, 0.5) is 34.1 Å². The first kappa shape index (κ1) is 45.4. The maximum Gasteiger partial charge on any atom is 0.141 e. The van der Waals surface area contributed by atoms with Crippen LogP contribution in [0.15, 0.2) is 300 Å². The highest BCUT2D eigenvalue weighted by Gasteiger charge is 2.23. The molecule has 0 fully saturated rings. The average Bonchev–Trinajstić information content (AvgIpc) is 4.50. The number of furan rings is 2. The van der Waals surface area contributed by atoms with Gasteiger partial charge in [-0.1, -0.05) is 146 Å². The number of aromatic nitrogens is 2. The Kier molecular flexibility index (Phi) is 10.5. The van der Waals surface area contributed by atoms with Crippen LogP contribution in [-0.4, -0.2) is 9.13 Å². The highest BCUT2D eigenvalue weighted by molar-refractivity contribution is 6.30. The Hall–Kier alpha value is -10.8. The van der Waals surface area contributed by atoms with Gasteiger partial charge in [-0.25, -0.2) is 0 Å². The van der Waals surface area contributed by atoms with Crippen molar-refractivity contribution in [2.45, 2.75) is 0 Å². The topological polar surface area (TPSA) is 42.6 Å². The number of anilines is 6. The number of benzene rings is 12. The van der Waals surface area contributed by atoms with Crippen LogP contribution in [-0.2, 0) is 0 Å². The molecule has 0 spiro atoms. The summed E-state index contributed by atoms with van der Waals surface area (Å²) in [6.45, 7) is 0. The summed E-state index contributed by atoms with van der Waals surface area (Å²) in [6, 6.07) is 99.7. The van der Waals surface area contributed by atoms with Gasteiger partial charge in [0.05, 0.1) is 34.6 Å². The van der Waals surface area contributed by atoms with Gasteiger partial charge in [-0.2, -0.15) is 0 Å². The van der Waals surface area contributed by atoms with Crippen molar-refractivity contribution in [3.63, 3.8) is 0 Å². The van der Waals surface area contributed by atoms with E-state index in [1.165, 1.54) is 32.3 Å². The Morgan fingerprint density at radius 2 is 0.575 bits per heavy atom. The Labute approximate surface area is 461 Å². The molecule has 80 heavy (non-hydrogen) atoms. The molecule has 6 heteroatoms. The van der Waals surface area contributed by atoms with Crippen molar-refractivity contribution < 1.29 is 8.83 Å². The molecule has 0 saturated carbocycles. The number of para-hydroxylation sites is 6. The fraction of sp³-hybridized carbons (Fsp3) is 0. The zero-order valence-electron chi connectivity index (χ0n) is 43.3. The van der Waals surface area contributed by atoms with E-state index in [4.69, 9.17) is 8.83 Å². The van der Waals surface area contributed by atoms with Crippen LogP contribution in [0.3, 0.4) is 0 Å². The van der Waals surface area contributed by atoms with E-state index in [9.17, 15) is 0 Å². The van der Waals surface area contributed by atoms with Crippen molar-refractivity contribution in [1.29, 1.82) is 0 Å². The minimum absolute atomic E-state index is 0.842. The van der Waals surface area contributed by atoms with Crippen LogP contribution < -0.4 is 9.80 Å². The smallest absolute Gasteiger partial charge is 0.141 e. The third kappa shape index (κ3) is 7.27. The van der Waals surface area contributed by atoms with E-state index in [-0.39, 0.29) is 0 Å². The second-order valence-electron chi connectivity index (χ2n) is 20.5. The molecule has 16 rings (SSSR count). The van der Waals surface area contributed by atoms with E-state index in [0.717, 1.165) is 112 Å². The molecule has 0 aliphatic heterocycles. The van der Waals surface area contributed by atoms with Gasteiger partial charge >= 0.3 is 0 Å². The molecule has 12 aromatic carbocycles. The first-order chi connectivity index (χ1) is 39.7. The molecular formula is C74H48N4O2. The lowest BCUT2D eigenvalue weighted by atomic mass is 9.98. The lowest BCUT2D eigenvalue weighted by Crippen LogP contribution is -2.09. The largest absolute Gasteiger partial charge is 0.463 e. The first-order valence-corrected chi connectivity index (χ1v) is 27.1. The summed E-state index contributed by atoms with van der Waals surface area (Å²) in [4.78, 5) is 4.57. The number of nitrogens with zero attached hydrogens (tertiary/aromatic N) is 4. The van der Waals surface area contributed by atoms with Crippen LogP contribution in [0, 0.1) is 0 Å². The van der Waals surface area contributed by atoms with Gasteiger partial charge in [0, 0.05) is 99.7 Å². The van der Waals surface area contributed by atoms with Gasteiger partial charge in [0.25, 0.3) is 0 Å². The highest BCUT2D eigenvalue weighted by atomic mass is 16.3. The fourth-order valence-corrected chi connectivity index (χ4v) is 12.4. The molecule has 0 amide bonds. The molecule has 4 aromatic heterocycles. The zero-order valence-corrected chi connectivity index (χ0v) is 43.3. The molecule has 0 saturated heterocycles. The summed E-state index contributed by atoms with van der Waals surface area (Å²) in [5, 5.41) is 11.4. The molecule has 0 bridgehead atoms. The van der Waals surface area contributed by atoms with E-state index < -0.39 is 0 Å². The Morgan fingerprint density at radius 1 is 0.250 bits per heavy atom. The Bertz CT molecular complexity index is 4590.